The zero-order valence-electron chi connectivity index (χ0n) is 11.3. The van der Waals surface area contributed by atoms with Crippen LogP contribution < -0.4 is 4.74 Å². The number of benzene rings is 1. The number of aryl methyl sites for hydroxylation is 1. The Bertz CT molecular complexity index is 440. The quantitative estimate of drug-likeness (QED) is 0.852. The maximum Gasteiger partial charge on any atom is 0.120 e. The third-order valence-corrected chi connectivity index (χ3v) is 4.95. The highest BCUT2D eigenvalue weighted by atomic mass is 79.9. The van der Waals surface area contributed by atoms with Gasteiger partial charge in [-0.15, -0.1) is 0 Å². The molecule has 1 saturated carbocycles. The molecule has 1 aliphatic heterocycles. The first-order valence-corrected chi connectivity index (χ1v) is 7.76. The van der Waals surface area contributed by atoms with Crippen LogP contribution in [0.3, 0.4) is 0 Å². The molecule has 19 heavy (non-hydrogen) atoms. The monoisotopic (exact) mass is 325 g/mol. The molecule has 0 bridgehead atoms. The SMILES string of the molecule is Cc1cc(O[C@H]2C[C@H](N3CCOCC3)C2)ccc1Br. The molecule has 0 amide bonds. The first-order valence-electron chi connectivity index (χ1n) is 6.97. The van der Waals surface area contributed by atoms with Crippen molar-refractivity contribution in [2.75, 3.05) is 26.3 Å². The van der Waals surface area contributed by atoms with Crippen LogP contribution in [0.1, 0.15) is 18.4 Å². The van der Waals surface area contributed by atoms with E-state index in [2.05, 4.69) is 39.9 Å². The Morgan fingerprint density at radius 1 is 1.26 bits per heavy atom. The van der Waals surface area contributed by atoms with Crippen molar-refractivity contribution in [2.24, 2.45) is 0 Å². The molecule has 1 aromatic rings. The maximum atomic E-state index is 6.03. The second-order valence-electron chi connectivity index (χ2n) is 5.42. The fourth-order valence-corrected chi connectivity index (χ4v) is 3.00. The van der Waals surface area contributed by atoms with Gasteiger partial charge in [-0.2, -0.15) is 0 Å². The van der Waals surface area contributed by atoms with Gasteiger partial charge in [0.2, 0.25) is 0 Å². The van der Waals surface area contributed by atoms with Gasteiger partial charge in [0.05, 0.1) is 13.2 Å². The minimum absolute atomic E-state index is 0.383. The molecule has 1 heterocycles. The van der Waals surface area contributed by atoms with Crippen molar-refractivity contribution in [3.05, 3.63) is 28.2 Å². The Labute approximate surface area is 123 Å². The Morgan fingerprint density at radius 2 is 2.00 bits per heavy atom. The van der Waals surface area contributed by atoms with Crippen LogP contribution in [0.4, 0.5) is 0 Å². The molecular weight excluding hydrogens is 306 g/mol. The van der Waals surface area contributed by atoms with Crippen molar-refractivity contribution in [1.29, 1.82) is 0 Å². The molecule has 1 aliphatic carbocycles. The molecule has 0 spiro atoms. The van der Waals surface area contributed by atoms with E-state index < -0.39 is 0 Å². The van der Waals surface area contributed by atoms with Crippen LogP contribution in [0.15, 0.2) is 22.7 Å². The van der Waals surface area contributed by atoms with Crippen LogP contribution in [0, 0.1) is 6.92 Å². The fraction of sp³-hybridized carbons (Fsp3) is 0.600. The van der Waals surface area contributed by atoms with Gasteiger partial charge in [-0.25, -0.2) is 0 Å². The topological polar surface area (TPSA) is 21.7 Å². The van der Waals surface area contributed by atoms with Crippen LogP contribution in [-0.2, 0) is 4.74 Å². The molecule has 2 fully saturated rings. The van der Waals surface area contributed by atoms with Gasteiger partial charge >= 0.3 is 0 Å². The smallest absolute Gasteiger partial charge is 0.120 e. The predicted octanol–water partition coefficient (Wildman–Crippen LogP) is 3.00. The fourth-order valence-electron chi connectivity index (χ4n) is 2.76. The van der Waals surface area contributed by atoms with Crippen molar-refractivity contribution in [2.45, 2.75) is 31.9 Å². The third kappa shape index (κ3) is 3.12. The average Bonchev–Trinajstić information content (AvgIpc) is 2.38. The highest BCUT2D eigenvalue weighted by molar-refractivity contribution is 9.10. The number of rotatable bonds is 3. The van der Waals surface area contributed by atoms with Gasteiger partial charge in [0.15, 0.2) is 0 Å². The van der Waals surface area contributed by atoms with Crippen LogP contribution in [0.2, 0.25) is 0 Å². The highest BCUT2D eigenvalue weighted by Crippen LogP contribution is 2.31. The highest BCUT2D eigenvalue weighted by Gasteiger charge is 2.35. The largest absolute Gasteiger partial charge is 0.490 e. The average molecular weight is 326 g/mol. The number of hydrogen-bond donors (Lipinski definition) is 0. The molecule has 3 rings (SSSR count). The summed E-state index contributed by atoms with van der Waals surface area (Å²) >= 11 is 3.51. The second-order valence-corrected chi connectivity index (χ2v) is 6.28. The summed E-state index contributed by atoms with van der Waals surface area (Å²) in [5.74, 6) is 0.992. The van der Waals surface area contributed by atoms with Crippen molar-refractivity contribution in [3.63, 3.8) is 0 Å². The van der Waals surface area contributed by atoms with Gasteiger partial charge in [0.25, 0.3) is 0 Å². The molecule has 0 aromatic heterocycles. The lowest BCUT2D eigenvalue weighted by molar-refractivity contribution is -0.0373. The first kappa shape index (κ1) is 13.4. The molecule has 0 unspecified atom stereocenters. The standard InChI is InChI=1S/C15H20BrNO2/c1-11-8-13(2-3-15(11)16)19-14-9-12(10-14)17-4-6-18-7-5-17/h2-3,8,12,14H,4-7,9-10H2,1H3/t12-,14-. The maximum absolute atomic E-state index is 6.03. The van der Waals surface area contributed by atoms with Crippen LogP contribution in [0.25, 0.3) is 0 Å². The molecule has 0 N–H and O–H groups in total. The van der Waals surface area contributed by atoms with E-state index in [-0.39, 0.29) is 0 Å². The second kappa shape index (κ2) is 5.81. The number of hydrogen-bond acceptors (Lipinski definition) is 3. The van der Waals surface area contributed by atoms with Crippen molar-refractivity contribution >= 4 is 15.9 Å². The predicted molar refractivity (Wildman–Crippen MR) is 78.7 cm³/mol. The molecule has 0 radical (unpaired) electrons. The van der Waals surface area contributed by atoms with Gasteiger partial charge in [0.1, 0.15) is 11.9 Å². The lowest BCUT2D eigenvalue weighted by Gasteiger charge is -2.44. The van der Waals surface area contributed by atoms with E-state index in [1.54, 1.807) is 0 Å². The number of ether oxygens (including phenoxy) is 2. The Kier molecular flexibility index (Phi) is 4.10. The lowest BCUT2D eigenvalue weighted by atomic mass is 9.87. The van der Waals surface area contributed by atoms with E-state index in [4.69, 9.17) is 9.47 Å². The number of morpholine rings is 1. The van der Waals surface area contributed by atoms with Gasteiger partial charge in [0, 0.05) is 36.4 Å². The summed E-state index contributed by atoms with van der Waals surface area (Å²) < 4.78 is 12.6. The minimum Gasteiger partial charge on any atom is -0.490 e. The zero-order valence-corrected chi connectivity index (χ0v) is 12.9. The van der Waals surface area contributed by atoms with Gasteiger partial charge in [-0.05, 0) is 30.7 Å². The van der Waals surface area contributed by atoms with E-state index in [9.17, 15) is 0 Å². The van der Waals surface area contributed by atoms with E-state index in [0.29, 0.717) is 12.1 Å². The van der Waals surface area contributed by atoms with Crippen molar-refractivity contribution in [1.82, 2.24) is 4.90 Å². The lowest BCUT2D eigenvalue weighted by Crippen LogP contribution is -2.52. The van der Waals surface area contributed by atoms with E-state index in [1.807, 2.05) is 6.07 Å². The summed E-state index contributed by atoms with van der Waals surface area (Å²) in [5.41, 5.74) is 1.22. The summed E-state index contributed by atoms with van der Waals surface area (Å²) in [5, 5.41) is 0. The molecule has 104 valence electrons. The summed E-state index contributed by atoms with van der Waals surface area (Å²) in [6.07, 6.45) is 2.68. The summed E-state index contributed by atoms with van der Waals surface area (Å²) in [7, 11) is 0. The Hall–Kier alpha value is -0.580. The van der Waals surface area contributed by atoms with Crippen LogP contribution >= 0.6 is 15.9 Å². The zero-order chi connectivity index (χ0) is 13.2. The minimum atomic E-state index is 0.383. The first-order chi connectivity index (χ1) is 9.22. The van der Waals surface area contributed by atoms with Gasteiger partial charge in [-0.1, -0.05) is 15.9 Å². The van der Waals surface area contributed by atoms with E-state index in [1.165, 1.54) is 5.56 Å². The number of halogens is 1. The summed E-state index contributed by atoms with van der Waals surface area (Å²) in [4.78, 5) is 2.54. The number of nitrogens with zero attached hydrogens (tertiary/aromatic N) is 1. The van der Waals surface area contributed by atoms with Gasteiger partial charge < -0.3 is 9.47 Å². The van der Waals surface area contributed by atoms with Crippen LogP contribution in [-0.4, -0.2) is 43.3 Å². The molecule has 2 aliphatic rings. The normalized spacial score (nSPS) is 27.9. The molecule has 1 saturated heterocycles. The van der Waals surface area contributed by atoms with E-state index >= 15 is 0 Å². The van der Waals surface area contributed by atoms with Crippen molar-refractivity contribution < 1.29 is 9.47 Å². The molecule has 0 atom stereocenters. The Balaban J connectivity index is 1.49. The molecule has 1 aromatic carbocycles. The third-order valence-electron chi connectivity index (χ3n) is 4.06. The molecule has 4 heteroatoms. The summed E-state index contributed by atoms with van der Waals surface area (Å²) in [6, 6.07) is 6.90. The molecule has 3 nitrogen and oxygen atoms in total. The van der Waals surface area contributed by atoms with Crippen LogP contribution in [0.5, 0.6) is 5.75 Å². The van der Waals surface area contributed by atoms with Gasteiger partial charge in [-0.3, -0.25) is 4.90 Å². The van der Waals surface area contributed by atoms with E-state index in [0.717, 1.165) is 49.4 Å². The summed E-state index contributed by atoms with van der Waals surface area (Å²) in [6.45, 7) is 6.01. The van der Waals surface area contributed by atoms with Crippen molar-refractivity contribution in [3.8, 4) is 5.75 Å². The molecular formula is C15H20BrNO2. The Morgan fingerprint density at radius 3 is 2.68 bits per heavy atom.